The van der Waals surface area contributed by atoms with Crippen molar-refractivity contribution in [3.8, 4) is 0 Å². The van der Waals surface area contributed by atoms with Crippen molar-refractivity contribution in [2.24, 2.45) is 0 Å². The summed E-state index contributed by atoms with van der Waals surface area (Å²) in [5, 5.41) is 0. The third-order valence-corrected chi connectivity index (χ3v) is 1.07. The molecule has 1 fully saturated rings. The first-order valence-corrected chi connectivity index (χ1v) is 2.62. The summed E-state index contributed by atoms with van der Waals surface area (Å²) in [4.78, 5) is 10.7. The molecule has 0 aromatic carbocycles. The van der Waals surface area contributed by atoms with Crippen LogP contribution in [0.5, 0.6) is 0 Å². The summed E-state index contributed by atoms with van der Waals surface area (Å²) in [6, 6.07) is 0. The maximum Gasteiger partial charge on any atom is 0.357 e. The van der Waals surface area contributed by atoms with Crippen molar-refractivity contribution in [3.05, 3.63) is 12.5 Å². The van der Waals surface area contributed by atoms with Crippen LogP contribution in [0.2, 0.25) is 0 Å². The van der Waals surface area contributed by atoms with Crippen LogP contribution in [0.25, 0.3) is 0 Å². The Morgan fingerprint density at radius 3 is 2.22 bits per heavy atom. The Balaban J connectivity index is 2.81. The molecule has 0 amide bonds. The van der Waals surface area contributed by atoms with Gasteiger partial charge >= 0.3 is 5.97 Å². The van der Waals surface area contributed by atoms with Crippen LogP contribution in [-0.4, -0.2) is 11.6 Å². The lowest BCUT2D eigenvalue weighted by Crippen LogP contribution is -2.27. The van der Waals surface area contributed by atoms with E-state index in [4.69, 9.17) is 4.74 Å². The van der Waals surface area contributed by atoms with Crippen molar-refractivity contribution in [3.63, 3.8) is 0 Å². The minimum absolute atomic E-state index is 0.0880. The molecular weight excluding hydrogens is 120 g/mol. The molecule has 3 nitrogen and oxygen atoms in total. The minimum Gasteiger partial charge on any atom is -0.447 e. The molecule has 0 aromatic heterocycles. The molecule has 0 radical (unpaired) electrons. The molecule has 0 aromatic rings. The van der Waals surface area contributed by atoms with Gasteiger partial charge in [0.2, 0.25) is 5.60 Å². The van der Waals surface area contributed by atoms with Gasteiger partial charge in [0.1, 0.15) is 0 Å². The summed E-state index contributed by atoms with van der Waals surface area (Å²) >= 11 is 0. The SMILES string of the molecule is C=C1OC(=O)C(C)(C)O1. The number of carbonyl (C=O) groups excluding carboxylic acids is 1. The van der Waals surface area contributed by atoms with Crippen molar-refractivity contribution in [1.82, 2.24) is 0 Å². The van der Waals surface area contributed by atoms with Crippen LogP contribution in [-0.2, 0) is 14.3 Å². The number of esters is 1. The average molecular weight is 128 g/mol. The van der Waals surface area contributed by atoms with Crippen molar-refractivity contribution >= 4 is 5.97 Å². The minimum atomic E-state index is -0.836. The fraction of sp³-hybridized carbons (Fsp3) is 0.500. The van der Waals surface area contributed by atoms with Gasteiger partial charge in [-0.3, -0.25) is 0 Å². The molecule has 1 aliphatic rings. The highest BCUT2D eigenvalue weighted by Gasteiger charge is 2.39. The highest BCUT2D eigenvalue weighted by atomic mass is 16.7. The zero-order valence-corrected chi connectivity index (χ0v) is 5.43. The highest BCUT2D eigenvalue weighted by molar-refractivity contribution is 5.81. The molecule has 1 rings (SSSR count). The van der Waals surface area contributed by atoms with Crippen molar-refractivity contribution < 1.29 is 14.3 Å². The molecule has 0 N–H and O–H groups in total. The Kier molecular flexibility index (Phi) is 1.02. The first-order chi connectivity index (χ1) is 4.02. The van der Waals surface area contributed by atoms with E-state index < -0.39 is 5.60 Å². The molecule has 50 valence electrons. The highest BCUT2D eigenvalue weighted by Crippen LogP contribution is 2.24. The number of hydrogen-bond acceptors (Lipinski definition) is 3. The number of ether oxygens (including phenoxy) is 2. The second-order valence-corrected chi connectivity index (χ2v) is 2.37. The van der Waals surface area contributed by atoms with Gasteiger partial charge in [0.15, 0.2) is 0 Å². The Morgan fingerprint density at radius 2 is 2.11 bits per heavy atom. The monoisotopic (exact) mass is 128 g/mol. The third-order valence-electron chi connectivity index (χ3n) is 1.07. The molecule has 0 saturated carbocycles. The number of rotatable bonds is 0. The molecule has 0 spiro atoms. The van der Waals surface area contributed by atoms with E-state index in [1.807, 2.05) is 0 Å². The molecule has 1 heterocycles. The Labute approximate surface area is 53.3 Å². The Morgan fingerprint density at radius 1 is 1.56 bits per heavy atom. The summed E-state index contributed by atoms with van der Waals surface area (Å²) in [5.74, 6) is -0.294. The van der Waals surface area contributed by atoms with E-state index in [0.717, 1.165) is 0 Å². The fourth-order valence-electron chi connectivity index (χ4n) is 0.573. The van der Waals surface area contributed by atoms with Gasteiger partial charge in [-0.05, 0) is 20.4 Å². The molecule has 0 aliphatic carbocycles. The maximum absolute atomic E-state index is 10.7. The number of cyclic esters (lactones) is 1. The van der Waals surface area contributed by atoms with E-state index in [2.05, 4.69) is 11.3 Å². The van der Waals surface area contributed by atoms with Crippen LogP contribution >= 0.6 is 0 Å². The van der Waals surface area contributed by atoms with Crippen molar-refractivity contribution in [1.29, 1.82) is 0 Å². The van der Waals surface area contributed by atoms with Gasteiger partial charge in [-0.25, -0.2) is 4.79 Å². The van der Waals surface area contributed by atoms with Crippen LogP contribution in [0.3, 0.4) is 0 Å². The first kappa shape index (κ1) is 6.13. The van der Waals surface area contributed by atoms with Gasteiger partial charge in [-0.1, -0.05) is 0 Å². The zero-order valence-electron chi connectivity index (χ0n) is 5.43. The second-order valence-electron chi connectivity index (χ2n) is 2.37. The molecule has 3 heteroatoms. The van der Waals surface area contributed by atoms with Crippen LogP contribution in [0.15, 0.2) is 12.5 Å². The molecule has 0 unspecified atom stereocenters. The Hall–Kier alpha value is -0.990. The summed E-state index contributed by atoms with van der Waals surface area (Å²) in [7, 11) is 0. The lowest BCUT2D eigenvalue weighted by Gasteiger charge is -2.08. The normalized spacial score (nSPS) is 23.3. The molecule has 9 heavy (non-hydrogen) atoms. The topological polar surface area (TPSA) is 35.5 Å². The van der Waals surface area contributed by atoms with Crippen molar-refractivity contribution in [2.75, 3.05) is 0 Å². The fourth-order valence-corrected chi connectivity index (χ4v) is 0.573. The van der Waals surface area contributed by atoms with Crippen LogP contribution in [0.4, 0.5) is 0 Å². The van der Waals surface area contributed by atoms with E-state index in [1.165, 1.54) is 0 Å². The largest absolute Gasteiger partial charge is 0.447 e. The number of carbonyl (C=O) groups is 1. The summed E-state index contributed by atoms with van der Waals surface area (Å²) in [6.45, 7) is 6.60. The van der Waals surface area contributed by atoms with Gasteiger partial charge in [0, 0.05) is 0 Å². The van der Waals surface area contributed by atoms with E-state index in [-0.39, 0.29) is 11.9 Å². The van der Waals surface area contributed by atoms with E-state index in [9.17, 15) is 4.79 Å². The zero-order chi connectivity index (χ0) is 7.07. The standard InChI is InChI=1S/C6H8O3/c1-4-8-5(7)6(2,3)9-4/h1H2,2-3H3. The van der Waals surface area contributed by atoms with Gasteiger partial charge in [-0.15, -0.1) is 0 Å². The maximum atomic E-state index is 10.7. The molecule has 0 atom stereocenters. The lowest BCUT2D eigenvalue weighted by atomic mass is 10.1. The smallest absolute Gasteiger partial charge is 0.357 e. The summed E-state index contributed by atoms with van der Waals surface area (Å²) < 4.78 is 9.42. The summed E-state index contributed by atoms with van der Waals surface area (Å²) in [5.41, 5.74) is -0.836. The van der Waals surface area contributed by atoms with Gasteiger partial charge in [0.05, 0.1) is 0 Å². The quantitative estimate of drug-likeness (QED) is 0.453. The molecule has 1 aliphatic heterocycles. The van der Waals surface area contributed by atoms with Crippen LogP contribution < -0.4 is 0 Å². The van der Waals surface area contributed by atoms with Crippen LogP contribution in [0, 0.1) is 0 Å². The molecule has 0 bridgehead atoms. The first-order valence-electron chi connectivity index (χ1n) is 2.62. The Bertz CT molecular complexity index is 169. The predicted molar refractivity (Wildman–Crippen MR) is 30.4 cm³/mol. The summed E-state index contributed by atoms with van der Waals surface area (Å²) in [6.07, 6.45) is 0. The lowest BCUT2D eigenvalue weighted by molar-refractivity contribution is -0.141. The average Bonchev–Trinajstić information content (AvgIpc) is 1.79. The molecule has 1 saturated heterocycles. The van der Waals surface area contributed by atoms with E-state index in [1.54, 1.807) is 13.8 Å². The van der Waals surface area contributed by atoms with Crippen molar-refractivity contribution in [2.45, 2.75) is 19.4 Å². The number of hydrogen-bond donors (Lipinski definition) is 0. The van der Waals surface area contributed by atoms with Gasteiger partial charge in [-0.2, -0.15) is 0 Å². The second kappa shape index (κ2) is 1.50. The molecular formula is C6H8O3. The van der Waals surface area contributed by atoms with E-state index in [0.29, 0.717) is 0 Å². The van der Waals surface area contributed by atoms with E-state index >= 15 is 0 Å². The predicted octanol–water partition coefficient (Wildman–Crippen LogP) is 0.810. The van der Waals surface area contributed by atoms with Crippen LogP contribution in [0.1, 0.15) is 13.8 Å². The van der Waals surface area contributed by atoms with Gasteiger partial charge < -0.3 is 9.47 Å². The third kappa shape index (κ3) is 0.896. The van der Waals surface area contributed by atoms with Gasteiger partial charge in [0.25, 0.3) is 5.95 Å².